The Labute approximate surface area is 150 Å². The number of rotatable bonds is 7. The first-order chi connectivity index (χ1) is 12.0. The van der Waals surface area contributed by atoms with Crippen molar-refractivity contribution in [2.45, 2.75) is 19.9 Å². The van der Waals surface area contributed by atoms with Gasteiger partial charge in [-0.2, -0.15) is 5.26 Å². The summed E-state index contributed by atoms with van der Waals surface area (Å²) in [6, 6.07) is 17.6. The molecular formula is C21H25N3O. The predicted molar refractivity (Wildman–Crippen MR) is 100 cm³/mol. The number of nitrogens with zero attached hydrogens (tertiary/aromatic N) is 3. The maximum absolute atomic E-state index is 12.9. The second-order valence-corrected chi connectivity index (χ2v) is 6.53. The molecule has 0 saturated carbocycles. The molecule has 0 radical (unpaired) electrons. The zero-order valence-corrected chi connectivity index (χ0v) is 15.2. The molecule has 25 heavy (non-hydrogen) atoms. The third kappa shape index (κ3) is 5.74. The summed E-state index contributed by atoms with van der Waals surface area (Å²) in [5.74, 6) is 0.125. The smallest absolute Gasteiger partial charge is 0.227 e. The lowest BCUT2D eigenvalue weighted by molar-refractivity contribution is -0.131. The van der Waals surface area contributed by atoms with Crippen LogP contribution < -0.4 is 0 Å². The Bertz CT molecular complexity index is 744. The highest BCUT2D eigenvalue weighted by atomic mass is 16.2. The zero-order valence-electron chi connectivity index (χ0n) is 15.2. The summed E-state index contributed by atoms with van der Waals surface area (Å²) in [5, 5.41) is 8.91. The summed E-state index contributed by atoms with van der Waals surface area (Å²) in [4.78, 5) is 16.8. The van der Waals surface area contributed by atoms with Gasteiger partial charge in [-0.05, 0) is 49.8 Å². The first-order valence-corrected chi connectivity index (χ1v) is 8.45. The topological polar surface area (TPSA) is 47.3 Å². The number of nitriles is 1. The van der Waals surface area contributed by atoms with E-state index in [4.69, 9.17) is 5.26 Å². The molecule has 130 valence electrons. The predicted octanol–water partition coefficient (Wildman–Crippen LogP) is 3.00. The highest BCUT2D eigenvalue weighted by molar-refractivity contribution is 5.79. The highest BCUT2D eigenvalue weighted by Crippen LogP contribution is 2.12. The molecule has 0 aliphatic heterocycles. The minimum absolute atomic E-state index is 0.125. The van der Waals surface area contributed by atoms with Crippen LogP contribution in [-0.4, -0.2) is 42.9 Å². The van der Waals surface area contributed by atoms with Crippen molar-refractivity contribution >= 4 is 5.91 Å². The van der Waals surface area contributed by atoms with E-state index in [1.807, 2.05) is 62.3 Å². The normalized spacial score (nSPS) is 10.5. The molecule has 0 aliphatic carbocycles. The van der Waals surface area contributed by atoms with Gasteiger partial charge < -0.3 is 9.80 Å². The number of carbonyl (C=O) groups excluding carboxylic acids is 1. The van der Waals surface area contributed by atoms with E-state index >= 15 is 0 Å². The second-order valence-electron chi connectivity index (χ2n) is 6.53. The van der Waals surface area contributed by atoms with E-state index in [1.54, 1.807) is 12.1 Å². The minimum Gasteiger partial charge on any atom is -0.337 e. The molecule has 2 rings (SSSR count). The fourth-order valence-electron chi connectivity index (χ4n) is 2.60. The number of hydrogen-bond acceptors (Lipinski definition) is 3. The van der Waals surface area contributed by atoms with Gasteiger partial charge in [-0.3, -0.25) is 4.79 Å². The van der Waals surface area contributed by atoms with E-state index in [0.29, 0.717) is 25.1 Å². The fraction of sp³-hybridized carbons (Fsp3) is 0.333. The number of aryl methyl sites for hydroxylation is 1. The standard InChI is InChI=1S/C21H25N3O/c1-17-6-4-5-7-20(17)14-21(25)24(13-12-23(2)3)16-19-10-8-18(15-22)9-11-19/h4-11H,12-14,16H2,1-3H3. The molecule has 4 nitrogen and oxygen atoms in total. The van der Waals surface area contributed by atoms with Gasteiger partial charge in [-0.15, -0.1) is 0 Å². The van der Waals surface area contributed by atoms with Crippen LogP contribution in [0.4, 0.5) is 0 Å². The molecule has 0 unspecified atom stereocenters. The number of amides is 1. The molecule has 1 amide bonds. The van der Waals surface area contributed by atoms with E-state index in [2.05, 4.69) is 11.0 Å². The Morgan fingerprint density at radius 3 is 2.32 bits per heavy atom. The van der Waals surface area contributed by atoms with E-state index in [9.17, 15) is 4.79 Å². The minimum atomic E-state index is 0.125. The molecule has 0 atom stereocenters. The van der Waals surface area contributed by atoms with Crippen molar-refractivity contribution in [2.24, 2.45) is 0 Å². The molecule has 2 aromatic carbocycles. The summed E-state index contributed by atoms with van der Waals surface area (Å²) in [6.07, 6.45) is 0.413. The van der Waals surface area contributed by atoms with Crippen molar-refractivity contribution < 1.29 is 4.79 Å². The van der Waals surface area contributed by atoms with Crippen LogP contribution in [0.5, 0.6) is 0 Å². The van der Waals surface area contributed by atoms with Crippen LogP contribution in [0.3, 0.4) is 0 Å². The van der Waals surface area contributed by atoms with Gasteiger partial charge in [0.05, 0.1) is 18.1 Å². The highest BCUT2D eigenvalue weighted by Gasteiger charge is 2.15. The van der Waals surface area contributed by atoms with Gasteiger partial charge in [0.2, 0.25) is 5.91 Å². The third-order valence-corrected chi connectivity index (χ3v) is 4.23. The summed E-state index contributed by atoms with van der Waals surface area (Å²) in [5.41, 5.74) is 3.88. The van der Waals surface area contributed by atoms with Crippen molar-refractivity contribution in [1.29, 1.82) is 5.26 Å². The lowest BCUT2D eigenvalue weighted by Gasteiger charge is -2.25. The Morgan fingerprint density at radius 1 is 1.04 bits per heavy atom. The first kappa shape index (κ1) is 18.7. The van der Waals surface area contributed by atoms with E-state index in [1.165, 1.54) is 0 Å². The summed E-state index contributed by atoms with van der Waals surface area (Å²) in [6.45, 7) is 4.09. The molecule has 0 fully saturated rings. The molecule has 0 N–H and O–H groups in total. The second kappa shape index (κ2) is 9.00. The van der Waals surface area contributed by atoms with Crippen molar-refractivity contribution in [1.82, 2.24) is 9.80 Å². The molecule has 0 bridgehead atoms. The Morgan fingerprint density at radius 2 is 1.72 bits per heavy atom. The van der Waals surface area contributed by atoms with Crippen LogP contribution in [0, 0.1) is 18.3 Å². The Balaban J connectivity index is 2.12. The van der Waals surface area contributed by atoms with Gasteiger partial charge >= 0.3 is 0 Å². The average Bonchev–Trinajstić information content (AvgIpc) is 2.60. The molecule has 0 aliphatic rings. The monoisotopic (exact) mass is 335 g/mol. The number of hydrogen-bond donors (Lipinski definition) is 0. The maximum Gasteiger partial charge on any atom is 0.227 e. The van der Waals surface area contributed by atoms with Crippen molar-refractivity contribution in [3.63, 3.8) is 0 Å². The first-order valence-electron chi connectivity index (χ1n) is 8.45. The van der Waals surface area contributed by atoms with Crippen LogP contribution in [0.15, 0.2) is 48.5 Å². The van der Waals surface area contributed by atoms with Crippen LogP contribution in [0.1, 0.15) is 22.3 Å². The molecule has 0 heterocycles. The van der Waals surface area contributed by atoms with E-state index in [0.717, 1.165) is 23.2 Å². The summed E-state index contributed by atoms with van der Waals surface area (Å²) >= 11 is 0. The SMILES string of the molecule is Cc1ccccc1CC(=O)N(CCN(C)C)Cc1ccc(C#N)cc1. The van der Waals surface area contributed by atoms with Gasteiger partial charge in [0.1, 0.15) is 0 Å². The van der Waals surface area contributed by atoms with Crippen LogP contribution in [0.25, 0.3) is 0 Å². The van der Waals surface area contributed by atoms with Gasteiger partial charge in [0, 0.05) is 19.6 Å². The molecule has 4 heteroatoms. The van der Waals surface area contributed by atoms with Gasteiger partial charge in [0.25, 0.3) is 0 Å². The van der Waals surface area contributed by atoms with Crippen LogP contribution >= 0.6 is 0 Å². The lowest BCUT2D eigenvalue weighted by Crippen LogP contribution is -2.37. The fourth-order valence-corrected chi connectivity index (χ4v) is 2.60. The molecular weight excluding hydrogens is 310 g/mol. The maximum atomic E-state index is 12.9. The largest absolute Gasteiger partial charge is 0.337 e. The zero-order chi connectivity index (χ0) is 18.2. The third-order valence-electron chi connectivity index (χ3n) is 4.23. The summed E-state index contributed by atoms with van der Waals surface area (Å²) in [7, 11) is 4.01. The van der Waals surface area contributed by atoms with E-state index < -0.39 is 0 Å². The van der Waals surface area contributed by atoms with Crippen LogP contribution in [0.2, 0.25) is 0 Å². The molecule has 0 saturated heterocycles. The van der Waals surface area contributed by atoms with Gasteiger partial charge in [-0.25, -0.2) is 0 Å². The van der Waals surface area contributed by atoms with Gasteiger partial charge in [0.15, 0.2) is 0 Å². The lowest BCUT2D eigenvalue weighted by atomic mass is 10.0. The summed E-state index contributed by atoms with van der Waals surface area (Å²) < 4.78 is 0. The molecule has 0 aromatic heterocycles. The molecule has 0 spiro atoms. The number of likely N-dealkylation sites (N-methyl/N-ethyl adjacent to an activating group) is 1. The molecule has 2 aromatic rings. The van der Waals surface area contributed by atoms with Crippen LogP contribution in [-0.2, 0) is 17.8 Å². The quantitative estimate of drug-likeness (QED) is 0.781. The Kier molecular flexibility index (Phi) is 6.73. The van der Waals surface area contributed by atoms with Crippen molar-refractivity contribution in [2.75, 3.05) is 27.2 Å². The Hall–Kier alpha value is -2.64. The van der Waals surface area contributed by atoms with Crippen molar-refractivity contribution in [3.8, 4) is 6.07 Å². The van der Waals surface area contributed by atoms with E-state index in [-0.39, 0.29) is 5.91 Å². The average molecular weight is 335 g/mol. The van der Waals surface area contributed by atoms with Gasteiger partial charge in [-0.1, -0.05) is 36.4 Å². The van der Waals surface area contributed by atoms with Crippen molar-refractivity contribution in [3.05, 3.63) is 70.8 Å². The number of carbonyl (C=O) groups is 1. The number of benzene rings is 2.